The Labute approximate surface area is 130 Å². The highest BCUT2D eigenvalue weighted by atomic mass is 35.5. The van der Waals surface area contributed by atoms with E-state index in [-0.39, 0.29) is 5.69 Å². The Kier molecular flexibility index (Phi) is 3.60. The number of nitro groups is 1. The number of aryl methyl sites for hydroxylation is 1. The average Bonchev–Trinajstić information content (AvgIpc) is 3.00. The molecule has 0 bridgehead atoms. The molecule has 0 aliphatic heterocycles. The molecule has 6 nitrogen and oxygen atoms in total. The van der Waals surface area contributed by atoms with Gasteiger partial charge in [0.15, 0.2) is 0 Å². The van der Waals surface area contributed by atoms with Gasteiger partial charge < -0.3 is 4.52 Å². The molecule has 0 saturated carbocycles. The van der Waals surface area contributed by atoms with Crippen LogP contribution in [-0.2, 0) is 0 Å². The maximum absolute atomic E-state index is 10.6. The topological polar surface area (TPSA) is 82.1 Å². The van der Waals surface area contributed by atoms with Crippen molar-refractivity contribution < 1.29 is 9.45 Å². The maximum atomic E-state index is 10.6. The van der Waals surface area contributed by atoms with Crippen LogP contribution in [0.2, 0.25) is 5.02 Å². The molecule has 0 spiro atoms. The number of nitrogens with zero attached hydrogens (tertiary/aromatic N) is 3. The van der Waals surface area contributed by atoms with Crippen molar-refractivity contribution in [1.82, 2.24) is 10.1 Å². The second kappa shape index (κ2) is 5.57. The number of halogens is 1. The van der Waals surface area contributed by atoms with E-state index in [0.717, 1.165) is 11.1 Å². The second-order valence-electron chi connectivity index (χ2n) is 4.69. The third kappa shape index (κ3) is 2.68. The van der Waals surface area contributed by atoms with Crippen molar-refractivity contribution in [3.63, 3.8) is 0 Å². The Balaban J connectivity index is 1.93. The fraction of sp³-hybridized carbons (Fsp3) is 0.0667. The van der Waals surface area contributed by atoms with Gasteiger partial charge in [-0.1, -0.05) is 22.8 Å². The van der Waals surface area contributed by atoms with E-state index < -0.39 is 4.92 Å². The van der Waals surface area contributed by atoms with Crippen LogP contribution < -0.4 is 0 Å². The molecule has 3 rings (SSSR count). The molecule has 0 N–H and O–H groups in total. The largest absolute Gasteiger partial charge is 0.334 e. The Morgan fingerprint density at radius 2 is 1.82 bits per heavy atom. The van der Waals surface area contributed by atoms with Gasteiger partial charge in [0.25, 0.3) is 11.6 Å². The fourth-order valence-corrected chi connectivity index (χ4v) is 2.10. The lowest BCUT2D eigenvalue weighted by molar-refractivity contribution is -0.384. The zero-order valence-corrected chi connectivity index (χ0v) is 12.2. The molecule has 0 amide bonds. The van der Waals surface area contributed by atoms with Crippen molar-refractivity contribution in [2.24, 2.45) is 0 Å². The first kappa shape index (κ1) is 14.2. The summed E-state index contributed by atoms with van der Waals surface area (Å²) in [5.41, 5.74) is 2.33. The summed E-state index contributed by atoms with van der Waals surface area (Å²) in [5.74, 6) is 0.705. The molecule has 0 unspecified atom stereocenters. The van der Waals surface area contributed by atoms with Gasteiger partial charge in [-0.05, 0) is 36.8 Å². The van der Waals surface area contributed by atoms with Crippen LogP contribution in [-0.4, -0.2) is 15.1 Å². The number of hydrogen-bond donors (Lipinski definition) is 0. The molecule has 0 fully saturated rings. The summed E-state index contributed by atoms with van der Waals surface area (Å²) in [6.07, 6.45) is 0. The summed E-state index contributed by atoms with van der Waals surface area (Å²) in [6.45, 7) is 1.90. The first-order chi connectivity index (χ1) is 10.5. The molecule has 0 radical (unpaired) electrons. The monoisotopic (exact) mass is 315 g/mol. The molecular weight excluding hydrogens is 306 g/mol. The van der Waals surface area contributed by atoms with E-state index in [0.29, 0.717) is 22.3 Å². The summed E-state index contributed by atoms with van der Waals surface area (Å²) in [7, 11) is 0. The molecule has 1 aromatic heterocycles. The Bertz CT molecular complexity index is 843. The number of nitro benzene ring substituents is 1. The van der Waals surface area contributed by atoms with Gasteiger partial charge in [-0.3, -0.25) is 10.1 Å². The van der Waals surface area contributed by atoms with Gasteiger partial charge in [0.05, 0.1) is 4.92 Å². The van der Waals surface area contributed by atoms with Crippen LogP contribution >= 0.6 is 11.6 Å². The van der Waals surface area contributed by atoms with Crippen LogP contribution in [0, 0.1) is 17.0 Å². The number of rotatable bonds is 3. The van der Waals surface area contributed by atoms with Crippen LogP contribution in [0.1, 0.15) is 5.56 Å². The Hall–Kier alpha value is -2.73. The lowest BCUT2D eigenvalue weighted by atomic mass is 10.1. The molecule has 0 aliphatic rings. The lowest BCUT2D eigenvalue weighted by Gasteiger charge is -1.98. The third-order valence-electron chi connectivity index (χ3n) is 3.18. The summed E-state index contributed by atoms with van der Waals surface area (Å²) in [4.78, 5) is 14.5. The van der Waals surface area contributed by atoms with Gasteiger partial charge in [-0.25, -0.2) is 0 Å². The van der Waals surface area contributed by atoms with Crippen molar-refractivity contribution in [1.29, 1.82) is 0 Å². The highest BCUT2D eigenvalue weighted by molar-refractivity contribution is 6.31. The molecule has 110 valence electrons. The highest BCUT2D eigenvalue weighted by Gasteiger charge is 2.13. The van der Waals surface area contributed by atoms with Crippen molar-refractivity contribution in [2.75, 3.05) is 0 Å². The second-order valence-corrected chi connectivity index (χ2v) is 5.10. The van der Waals surface area contributed by atoms with Crippen LogP contribution in [0.15, 0.2) is 47.0 Å². The molecular formula is C15H10ClN3O3. The van der Waals surface area contributed by atoms with E-state index in [1.54, 1.807) is 18.2 Å². The van der Waals surface area contributed by atoms with Crippen LogP contribution in [0.4, 0.5) is 5.69 Å². The molecule has 2 aromatic carbocycles. The van der Waals surface area contributed by atoms with Gasteiger partial charge in [0, 0.05) is 28.3 Å². The van der Waals surface area contributed by atoms with Gasteiger partial charge in [0.1, 0.15) is 0 Å². The zero-order valence-electron chi connectivity index (χ0n) is 11.5. The van der Waals surface area contributed by atoms with Gasteiger partial charge in [-0.2, -0.15) is 4.98 Å². The summed E-state index contributed by atoms with van der Waals surface area (Å²) in [6, 6.07) is 11.4. The summed E-state index contributed by atoms with van der Waals surface area (Å²) >= 11 is 6.08. The minimum absolute atomic E-state index is 0.0118. The van der Waals surface area contributed by atoms with Gasteiger partial charge >= 0.3 is 0 Å². The minimum atomic E-state index is -0.459. The fourth-order valence-electron chi connectivity index (χ4n) is 1.92. The van der Waals surface area contributed by atoms with Crippen molar-refractivity contribution in [3.05, 3.63) is 63.2 Å². The first-order valence-electron chi connectivity index (χ1n) is 6.39. The molecule has 0 atom stereocenters. The predicted octanol–water partition coefficient (Wildman–Crippen LogP) is 4.27. The van der Waals surface area contributed by atoms with Gasteiger partial charge in [-0.15, -0.1) is 0 Å². The number of hydrogen-bond acceptors (Lipinski definition) is 5. The summed E-state index contributed by atoms with van der Waals surface area (Å²) < 4.78 is 5.22. The first-order valence-corrected chi connectivity index (χ1v) is 6.77. The number of benzene rings is 2. The lowest BCUT2D eigenvalue weighted by Crippen LogP contribution is -1.88. The maximum Gasteiger partial charge on any atom is 0.269 e. The van der Waals surface area contributed by atoms with Crippen molar-refractivity contribution >= 4 is 17.3 Å². The van der Waals surface area contributed by atoms with Gasteiger partial charge in [0.2, 0.25) is 5.82 Å². The quantitative estimate of drug-likeness (QED) is 0.532. The zero-order chi connectivity index (χ0) is 15.7. The SMILES string of the molecule is Cc1ccc(-c2nc(-c3ccc([N+](=O)[O-])cc3)no2)cc1Cl. The van der Waals surface area contributed by atoms with Crippen LogP contribution in [0.3, 0.4) is 0 Å². The molecule has 22 heavy (non-hydrogen) atoms. The number of non-ortho nitro benzene ring substituents is 1. The van der Waals surface area contributed by atoms with Crippen molar-refractivity contribution in [2.45, 2.75) is 6.92 Å². The van der Waals surface area contributed by atoms with E-state index in [4.69, 9.17) is 16.1 Å². The normalized spacial score (nSPS) is 10.6. The van der Waals surface area contributed by atoms with E-state index in [1.165, 1.54) is 12.1 Å². The van der Waals surface area contributed by atoms with Crippen molar-refractivity contribution in [3.8, 4) is 22.8 Å². The Morgan fingerprint density at radius 1 is 1.14 bits per heavy atom. The highest BCUT2D eigenvalue weighted by Crippen LogP contribution is 2.26. The molecule has 7 heteroatoms. The molecule has 3 aromatic rings. The van der Waals surface area contributed by atoms with E-state index in [1.807, 2.05) is 19.1 Å². The Morgan fingerprint density at radius 3 is 2.45 bits per heavy atom. The van der Waals surface area contributed by atoms with E-state index in [2.05, 4.69) is 10.1 Å². The van der Waals surface area contributed by atoms with Crippen LogP contribution in [0.5, 0.6) is 0 Å². The minimum Gasteiger partial charge on any atom is -0.334 e. The predicted molar refractivity (Wildman–Crippen MR) is 81.6 cm³/mol. The molecule has 0 aliphatic carbocycles. The van der Waals surface area contributed by atoms with E-state index >= 15 is 0 Å². The van der Waals surface area contributed by atoms with E-state index in [9.17, 15) is 10.1 Å². The molecule has 0 saturated heterocycles. The van der Waals surface area contributed by atoms with Crippen LogP contribution in [0.25, 0.3) is 22.8 Å². The standard InChI is InChI=1S/C15H10ClN3O3/c1-9-2-3-11(8-13(9)16)15-17-14(18-22-15)10-4-6-12(7-5-10)19(20)21/h2-8H,1H3. The summed E-state index contributed by atoms with van der Waals surface area (Å²) in [5, 5.41) is 15.1. The third-order valence-corrected chi connectivity index (χ3v) is 3.59. The number of aromatic nitrogens is 2. The average molecular weight is 316 g/mol. The smallest absolute Gasteiger partial charge is 0.269 e. The molecule has 1 heterocycles.